The van der Waals surface area contributed by atoms with Crippen molar-refractivity contribution in [2.45, 2.75) is 17.8 Å². The van der Waals surface area contributed by atoms with Crippen LogP contribution in [0.1, 0.15) is 12.2 Å². The third-order valence-electron chi connectivity index (χ3n) is 6.18. The highest BCUT2D eigenvalue weighted by Gasteiger charge is 2.55. The molecular weight excluding hydrogens is 512 g/mol. The number of carbonyl (C=O) groups excluding carboxylic acids is 3. The number of hydrogen-bond donors (Lipinski definition) is 4. The van der Waals surface area contributed by atoms with Crippen LogP contribution in [0.25, 0.3) is 0 Å². The number of nitrogen functional groups attached to an aromatic ring is 1. The molecule has 0 radical (unpaired) electrons. The second-order valence-corrected chi connectivity index (χ2v) is 10.6. The number of hydrogen-bond acceptors (Lipinski definition) is 11. The molecule has 3 amide bonds. The molecule has 1 aromatic heterocycles. The second kappa shape index (κ2) is 9.87. The summed E-state index contributed by atoms with van der Waals surface area (Å²) in [6, 6.07) is -0.961. The summed E-state index contributed by atoms with van der Waals surface area (Å²) in [6.07, 6.45) is 2.29. The van der Waals surface area contributed by atoms with E-state index in [0.29, 0.717) is 47.4 Å². The van der Waals surface area contributed by atoms with Crippen LogP contribution < -0.4 is 16.8 Å². The van der Waals surface area contributed by atoms with Gasteiger partial charge in [-0.1, -0.05) is 5.16 Å². The van der Waals surface area contributed by atoms with E-state index in [-0.39, 0.29) is 22.4 Å². The van der Waals surface area contributed by atoms with E-state index < -0.39 is 35.1 Å². The maximum Gasteiger partial charge on any atom is 0.352 e. The standard InChI is InChI=1S/C20H24N8O6S2/c1-28(5-3-9(4-6-28)14(21)29)7-10-8-35-18-12(17(31)27(18)13(10)19(32)33)23-16(30)11(25-34-2)15-24-20(22)36-26-15/h3,12,18H,4-8H2,1-2H3,(H5-,21,22,23,24,26,29,30,32,33)/p+1/b25-11-/t12-,18-,28?/m1/s1. The highest BCUT2D eigenvalue weighted by Crippen LogP contribution is 2.41. The summed E-state index contributed by atoms with van der Waals surface area (Å²) in [5.74, 6) is -2.63. The largest absolute Gasteiger partial charge is 0.477 e. The summed E-state index contributed by atoms with van der Waals surface area (Å²) < 4.78 is 4.43. The molecule has 14 nitrogen and oxygen atoms in total. The Morgan fingerprint density at radius 2 is 2.17 bits per heavy atom. The van der Waals surface area contributed by atoms with E-state index in [1.807, 2.05) is 7.05 Å². The van der Waals surface area contributed by atoms with Gasteiger partial charge in [-0.15, -0.1) is 11.8 Å². The van der Waals surface area contributed by atoms with Crippen molar-refractivity contribution in [3.05, 3.63) is 28.7 Å². The Balaban J connectivity index is 1.51. The molecule has 1 saturated heterocycles. The molecule has 4 heterocycles. The third-order valence-corrected chi connectivity index (χ3v) is 8.06. The number of thioether (sulfide) groups is 1. The fraction of sp³-hybridized carbons (Fsp3) is 0.450. The summed E-state index contributed by atoms with van der Waals surface area (Å²) in [7, 11) is 3.21. The van der Waals surface area contributed by atoms with Crippen molar-refractivity contribution < 1.29 is 33.6 Å². The number of quaternary nitrogens is 1. The molecule has 0 spiro atoms. The van der Waals surface area contributed by atoms with Gasteiger partial charge < -0.3 is 31.2 Å². The fourth-order valence-electron chi connectivity index (χ4n) is 4.36. The number of carboxylic acid groups (broad SMARTS) is 1. The Kier molecular flexibility index (Phi) is 7.01. The summed E-state index contributed by atoms with van der Waals surface area (Å²) >= 11 is 2.24. The zero-order valence-electron chi connectivity index (χ0n) is 19.5. The number of likely N-dealkylation sites (N-methyl/N-ethyl adjacent to an activating group) is 1. The molecule has 192 valence electrons. The number of oxime groups is 1. The summed E-state index contributed by atoms with van der Waals surface area (Å²) in [5.41, 5.74) is 11.8. The highest BCUT2D eigenvalue weighted by molar-refractivity contribution is 8.00. The molecular formula is C20H25N8O6S2+. The Bertz CT molecular complexity index is 1230. The number of aliphatic carboxylic acids is 1. The number of carbonyl (C=O) groups is 4. The number of aromatic nitrogens is 2. The first-order valence-corrected chi connectivity index (χ1v) is 12.6. The van der Waals surface area contributed by atoms with Gasteiger partial charge in [0.2, 0.25) is 17.4 Å². The maximum absolute atomic E-state index is 13.0. The molecule has 16 heteroatoms. The molecule has 1 fully saturated rings. The number of carboxylic acids is 1. The molecule has 6 N–H and O–H groups in total. The Morgan fingerprint density at radius 1 is 1.42 bits per heavy atom. The lowest BCUT2D eigenvalue weighted by atomic mass is 10.0. The number of β-lactam (4-membered cyclic amide) rings is 1. The lowest BCUT2D eigenvalue weighted by molar-refractivity contribution is -0.900. The van der Waals surface area contributed by atoms with Crippen LogP contribution in [0.15, 0.2) is 28.1 Å². The molecule has 1 unspecified atom stereocenters. The van der Waals surface area contributed by atoms with E-state index >= 15 is 0 Å². The molecule has 36 heavy (non-hydrogen) atoms. The summed E-state index contributed by atoms with van der Waals surface area (Å²) in [6.45, 7) is 1.53. The van der Waals surface area contributed by atoms with Gasteiger partial charge in [-0.2, -0.15) is 9.36 Å². The Morgan fingerprint density at radius 3 is 2.72 bits per heavy atom. The molecule has 3 aliphatic rings. The smallest absolute Gasteiger partial charge is 0.352 e. The fourth-order valence-corrected chi connectivity index (χ4v) is 6.13. The van der Waals surface area contributed by atoms with Gasteiger partial charge in [0.05, 0.1) is 20.1 Å². The SMILES string of the molecule is CO/N=C(\C(=O)N[C@@H]1C(=O)N2C(C(=O)O)=C(C[N+]3(C)CC=C(C(N)=O)CC3)CS[C@H]12)c1nsc(N)n1. The van der Waals surface area contributed by atoms with Crippen molar-refractivity contribution in [3.63, 3.8) is 0 Å². The van der Waals surface area contributed by atoms with Crippen molar-refractivity contribution >= 4 is 57.8 Å². The first-order valence-electron chi connectivity index (χ1n) is 10.8. The van der Waals surface area contributed by atoms with Gasteiger partial charge in [0.1, 0.15) is 30.8 Å². The van der Waals surface area contributed by atoms with Crippen molar-refractivity contribution in [2.24, 2.45) is 10.9 Å². The minimum Gasteiger partial charge on any atom is -0.477 e. The van der Waals surface area contributed by atoms with E-state index in [0.717, 1.165) is 11.5 Å². The van der Waals surface area contributed by atoms with E-state index in [1.54, 1.807) is 6.08 Å². The molecule has 0 aliphatic carbocycles. The van der Waals surface area contributed by atoms with Gasteiger partial charge in [-0.05, 0) is 6.08 Å². The second-order valence-electron chi connectivity index (χ2n) is 8.72. The van der Waals surface area contributed by atoms with E-state index in [9.17, 15) is 24.3 Å². The lowest BCUT2D eigenvalue weighted by Gasteiger charge is -2.50. The van der Waals surface area contributed by atoms with E-state index in [2.05, 4.69) is 19.8 Å². The predicted molar refractivity (Wildman–Crippen MR) is 130 cm³/mol. The average molecular weight is 538 g/mol. The van der Waals surface area contributed by atoms with Gasteiger partial charge in [-0.3, -0.25) is 19.3 Å². The number of fused-ring (bicyclic) bond motifs is 1. The molecule has 3 aliphatic heterocycles. The number of amides is 3. The van der Waals surface area contributed by atoms with Crippen LogP contribution in [0.3, 0.4) is 0 Å². The van der Waals surface area contributed by atoms with Gasteiger partial charge in [0, 0.05) is 34.9 Å². The van der Waals surface area contributed by atoms with Gasteiger partial charge in [0.25, 0.3) is 11.8 Å². The number of nitrogens with zero attached hydrogens (tertiary/aromatic N) is 5. The highest BCUT2D eigenvalue weighted by atomic mass is 32.2. The van der Waals surface area contributed by atoms with Crippen LogP contribution in [0.5, 0.6) is 0 Å². The topological polar surface area (TPSA) is 203 Å². The quantitative estimate of drug-likeness (QED) is 0.130. The minimum atomic E-state index is -1.21. The van der Waals surface area contributed by atoms with Crippen LogP contribution in [-0.2, 0) is 24.0 Å². The van der Waals surface area contributed by atoms with Crippen LogP contribution >= 0.6 is 23.3 Å². The zero-order valence-corrected chi connectivity index (χ0v) is 21.1. The van der Waals surface area contributed by atoms with Crippen LogP contribution in [-0.4, -0.2) is 104 Å². The van der Waals surface area contributed by atoms with E-state index in [4.69, 9.17) is 16.3 Å². The number of primary amides is 1. The number of anilines is 1. The van der Waals surface area contributed by atoms with Gasteiger partial charge >= 0.3 is 5.97 Å². The molecule has 1 aromatic rings. The van der Waals surface area contributed by atoms with Crippen LogP contribution in [0.4, 0.5) is 5.13 Å². The van der Waals surface area contributed by atoms with Crippen LogP contribution in [0, 0.1) is 0 Å². The number of nitrogens with one attached hydrogen (secondary N) is 1. The first kappa shape index (κ1) is 25.6. The van der Waals surface area contributed by atoms with Crippen molar-refractivity contribution in [1.82, 2.24) is 19.6 Å². The van der Waals surface area contributed by atoms with Crippen molar-refractivity contribution in [2.75, 3.05) is 45.3 Å². The lowest BCUT2D eigenvalue weighted by Crippen LogP contribution is -2.71. The number of rotatable bonds is 8. The summed E-state index contributed by atoms with van der Waals surface area (Å²) in [5, 5.41) is 15.7. The van der Waals surface area contributed by atoms with Gasteiger partial charge in [-0.25, -0.2) is 4.79 Å². The molecule has 0 bridgehead atoms. The molecule has 0 saturated carbocycles. The van der Waals surface area contributed by atoms with E-state index in [1.165, 1.54) is 23.8 Å². The third kappa shape index (κ3) is 4.78. The van der Waals surface area contributed by atoms with Crippen molar-refractivity contribution in [3.8, 4) is 0 Å². The van der Waals surface area contributed by atoms with Crippen molar-refractivity contribution in [1.29, 1.82) is 0 Å². The maximum atomic E-state index is 13.0. The Labute approximate surface area is 213 Å². The zero-order chi connectivity index (χ0) is 26.2. The molecule has 3 atom stereocenters. The first-order chi connectivity index (χ1) is 17.0. The molecule has 0 aromatic carbocycles. The number of nitrogens with two attached hydrogens (primary N) is 2. The average Bonchev–Trinajstić information content (AvgIpc) is 3.26. The van der Waals surface area contributed by atoms with Crippen LogP contribution in [0.2, 0.25) is 0 Å². The molecule has 4 rings (SSSR count). The Hall–Kier alpha value is -3.50. The minimum absolute atomic E-state index is 0.0442. The van der Waals surface area contributed by atoms with Gasteiger partial charge in [0.15, 0.2) is 5.13 Å². The monoisotopic (exact) mass is 537 g/mol. The summed E-state index contributed by atoms with van der Waals surface area (Å²) in [4.78, 5) is 59.3. The normalized spacial score (nSPS) is 26.1. The predicted octanol–water partition coefficient (Wildman–Crippen LogP) is -1.53.